The molecule has 0 saturated carbocycles. The van der Waals surface area contributed by atoms with Crippen molar-refractivity contribution < 1.29 is 19.1 Å². The van der Waals surface area contributed by atoms with E-state index in [1.807, 2.05) is 0 Å². The first-order valence-electron chi connectivity index (χ1n) is 6.18. The van der Waals surface area contributed by atoms with Crippen LogP contribution in [-0.2, 0) is 14.3 Å². The first-order valence-corrected chi connectivity index (χ1v) is 6.18. The normalized spacial score (nSPS) is 24.4. The number of carbonyl (C=O) groups excluding carboxylic acids is 2. The summed E-state index contributed by atoms with van der Waals surface area (Å²) in [7, 11) is 2.75. The van der Waals surface area contributed by atoms with Crippen molar-refractivity contribution in [1.29, 1.82) is 0 Å². The third-order valence-electron chi connectivity index (χ3n) is 3.10. The summed E-state index contributed by atoms with van der Waals surface area (Å²) in [6, 6.07) is 0.0823. The first kappa shape index (κ1) is 14.8. The molecule has 18 heavy (non-hydrogen) atoms. The molecule has 1 rings (SSSR count). The van der Waals surface area contributed by atoms with E-state index in [2.05, 4.69) is 26.6 Å². The van der Waals surface area contributed by atoms with Crippen LogP contribution >= 0.6 is 0 Å². The number of nitrogens with one attached hydrogen (secondary N) is 1. The molecule has 104 valence electrons. The van der Waals surface area contributed by atoms with Crippen LogP contribution in [0.15, 0.2) is 0 Å². The molecule has 1 N–H and O–H groups in total. The van der Waals surface area contributed by atoms with Gasteiger partial charge in [0.1, 0.15) is 0 Å². The quantitative estimate of drug-likeness (QED) is 0.749. The van der Waals surface area contributed by atoms with E-state index in [0.717, 1.165) is 19.5 Å². The zero-order chi connectivity index (χ0) is 13.5. The van der Waals surface area contributed by atoms with Crippen molar-refractivity contribution in [1.82, 2.24) is 10.2 Å². The number of amides is 1. The topological polar surface area (TPSA) is 67.9 Å². The molecule has 0 aromatic rings. The molecule has 1 aliphatic heterocycles. The summed E-state index contributed by atoms with van der Waals surface area (Å²) in [6.07, 6.45) is 0.917. The van der Waals surface area contributed by atoms with E-state index in [1.54, 1.807) is 0 Å². The van der Waals surface area contributed by atoms with Crippen molar-refractivity contribution in [3.05, 3.63) is 0 Å². The van der Waals surface area contributed by atoms with Gasteiger partial charge in [-0.3, -0.25) is 4.79 Å². The fourth-order valence-corrected chi connectivity index (χ4v) is 2.33. The van der Waals surface area contributed by atoms with E-state index in [1.165, 1.54) is 14.2 Å². The van der Waals surface area contributed by atoms with Crippen molar-refractivity contribution in [3.63, 3.8) is 0 Å². The molecular weight excluding hydrogens is 236 g/mol. The van der Waals surface area contributed by atoms with Crippen molar-refractivity contribution in [3.8, 4) is 0 Å². The maximum atomic E-state index is 11.2. The lowest BCUT2D eigenvalue weighted by atomic mass is 9.96. The van der Waals surface area contributed by atoms with Gasteiger partial charge in [-0.15, -0.1) is 0 Å². The SMILES string of the molecule is COC(=O)CCN1CC(C)CC(NC(=O)OC)C1. The third kappa shape index (κ3) is 4.91. The van der Waals surface area contributed by atoms with Crippen molar-refractivity contribution in [2.75, 3.05) is 33.9 Å². The lowest BCUT2D eigenvalue weighted by Gasteiger charge is -2.36. The Morgan fingerprint density at radius 2 is 2.00 bits per heavy atom. The average molecular weight is 258 g/mol. The number of nitrogens with zero attached hydrogens (tertiary/aromatic N) is 1. The van der Waals surface area contributed by atoms with Gasteiger partial charge >= 0.3 is 12.1 Å². The van der Waals surface area contributed by atoms with Crippen molar-refractivity contribution >= 4 is 12.1 Å². The maximum Gasteiger partial charge on any atom is 0.407 e. The summed E-state index contributed by atoms with van der Waals surface area (Å²) in [5, 5.41) is 2.81. The molecule has 1 amide bonds. The average Bonchev–Trinajstić information content (AvgIpc) is 2.35. The van der Waals surface area contributed by atoms with E-state index >= 15 is 0 Å². The number of carbonyl (C=O) groups is 2. The van der Waals surface area contributed by atoms with Gasteiger partial charge in [0.2, 0.25) is 0 Å². The summed E-state index contributed by atoms with van der Waals surface area (Å²) in [5.41, 5.74) is 0. The zero-order valence-electron chi connectivity index (χ0n) is 11.3. The molecule has 0 spiro atoms. The number of hydrogen-bond acceptors (Lipinski definition) is 5. The number of esters is 1. The second-order valence-electron chi connectivity index (χ2n) is 4.76. The largest absolute Gasteiger partial charge is 0.469 e. The predicted octanol–water partition coefficient (Wildman–Crippen LogP) is 0.616. The molecule has 0 aromatic heterocycles. The molecule has 6 nitrogen and oxygen atoms in total. The Balaban J connectivity index is 2.40. The molecule has 6 heteroatoms. The van der Waals surface area contributed by atoms with E-state index in [4.69, 9.17) is 0 Å². The van der Waals surface area contributed by atoms with E-state index < -0.39 is 6.09 Å². The molecule has 1 aliphatic rings. The Bertz CT molecular complexity index is 296. The van der Waals surface area contributed by atoms with Crippen LogP contribution in [0, 0.1) is 5.92 Å². The predicted molar refractivity (Wildman–Crippen MR) is 66.2 cm³/mol. The van der Waals surface area contributed by atoms with Gasteiger partial charge in [0.25, 0.3) is 0 Å². The highest BCUT2D eigenvalue weighted by atomic mass is 16.5. The van der Waals surface area contributed by atoms with Gasteiger partial charge in [0.05, 0.1) is 20.6 Å². The van der Waals surface area contributed by atoms with Crippen LogP contribution < -0.4 is 5.32 Å². The summed E-state index contributed by atoms with van der Waals surface area (Å²) >= 11 is 0. The summed E-state index contributed by atoms with van der Waals surface area (Å²) in [4.78, 5) is 24.5. The number of alkyl carbamates (subject to hydrolysis) is 1. The lowest BCUT2D eigenvalue weighted by molar-refractivity contribution is -0.141. The Hall–Kier alpha value is -1.30. The second kappa shape index (κ2) is 7.20. The van der Waals surface area contributed by atoms with Crippen LogP contribution in [-0.4, -0.2) is 56.9 Å². The molecular formula is C12H22N2O4. The second-order valence-corrected chi connectivity index (χ2v) is 4.76. The monoisotopic (exact) mass is 258 g/mol. The summed E-state index contributed by atoms with van der Waals surface area (Å²) < 4.78 is 9.22. The van der Waals surface area contributed by atoms with E-state index in [9.17, 15) is 9.59 Å². The van der Waals surface area contributed by atoms with Crippen LogP contribution in [0.4, 0.5) is 4.79 Å². The number of hydrogen-bond donors (Lipinski definition) is 1. The highest BCUT2D eigenvalue weighted by Gasteiger charge is 2.26. The molecule has 0 aromatic carbocycles. The number of ether oxygens (including phenoxy) is 2. The fourth-order valence-electron chi connectivity index (χ4n) is 2.33. The van der Waals surface area contributed by atoms with Crippen molar-refractivity contribution in [2.45, 2.75) is 25.8 Å². The minimum atomic E-state index is -0.401. The van der Waals surface area contributed by atoms with Crippen LogP contribution in [0.1, 0.15) is 19.8 Å². The van der Waals surface area contributed by atoms with Gasteiger partial charge in [0.15, 0.2) is 0 Å². The lowest BCUT2D eigenvalue weighted by Crippen LogP contribution is -2.50. The summed E-state index contributed by atoms with van der Waals surface area (Å²) in [5.74, 6) is 0.282. The smallest absolute Gasteiger partial charge is 0.407 e. The Kier molecular flexibility index (Phi) is 5.91. The summed E-state index contributed by atoms with van der Waals surface area (Å²) in [6.45, 7) is 4.49. The molecule has 0 radical (unpaired) electrons. The number of rotatable bonds is 4. The Labute approximate surface area is 108 Å². The van der Waals surface area contributed by atoms with E-state index in [0.29, 0.717) is 18.9 Å². The number of piperidine rings is 1. The highest BCUT2D eigenvalue weighted by molar-refractivity contribution is 5.69. The van der Waals surface area contributed by atoms with E-state index in [-0.39, 0.29) is 12.0 Å². The Morgan fingerprint density at radius 3 is 2.61 bits per heavy atom. The zero-order valence-corrected chi connectivity index (χ0v) is 11.3. The molecule has 2 unspecified atom stereocenters. The fraction of sp³-hybridized carbons (Fsp3) is 0.833. The van der Waals surface area contributed by atoms with Gasteiger partial charge in [-0.25, -0.2) is 4.79 Å². The third-order valence-corrected chi connectivity index (χ3v) is 3.10. The van der Waals surface area contributed by atoms with Gasteiger partial charge < -0.3 is 19.7 Å². The molecule has 1 heterocycles. The minimum absolute atomic E-state index is 0.0823. The van der Waals surface area contributed by atoms with Gasteiger partial charge in [0, 0.05) is 25.7 Å². The minimum Gasteiger partial charge on any atom is -0.469 e. The van der Waals surface area contributed by atoms with Crippen molar-refractivity contribution in [2.24, 2.45) is 5.92 Å². The van der Waals surface area contributed by atoms with Gasteiger partial charge in [-0.2, -0.15) is 0 Å². The van der Waals surface area contributed by atoms with Gasteiger partial charge in [-0.1, -0.05) is 6.92 Å². The van der Waals surface area contributed by atoms with Crippen LogP contribution in [0.3, 0.4) is 0 Å². The first-order chi connectivity index (χ1) is 8.55. The standard InChI is InChI=1S/C12H22N2O4/c1-9-6-10(13-12(16)18-3)8-14(7-9)5-4-11(15)17-2/h9-10H,4-8H2,1-3H3,(H,13,16). The molecule has 2 atom stereocenters. The molecule has 1 fully saturated rings. The molecule has 0 bridgehead atoms. The maximum absolute atomic E-state index is 11.2. The molecule has 0 aliphatic carbocycles. The number of methoxy groups -OCH3 is 2. The highest BCUT2D eigenvalue weighted by Crippen LogP contribution is 2.16. The number of likely N-dealkylation sites (tertiary alicyclic amines) is 1. The Morgan fingerprint density at radius 1 is 1.28 bits per heavy atom. The van der Waals surface area contributed by atoms with Crippen LogP contribution in [0.25, 0.3) is 0 Å². The molecule has 1 saturated heterocycles. The van der Waals surface area contributed by atoms with Gasteiger partial charge in [-0.05, 0) is 12.3 Å². The van der Waals surface area contributed by atoms with Crippen LogP contribution in [0.5, 0.6) is 0 Å². The van der Waals surface area contributed by atoms with Crippen LogP contribution in [0.2, 0.25) is 0 Å².